The first-order valence-electron chi connectivity index (χ1n) is 22.4. The summed E-state index contributed by atoms with van der Waals surface area (Å²) in [7, 11) is 0. The molecule has 2 aliphatic heterocycles. The molecule has 2 heterocycles. The van der Waals surface area contributed by atoms with Gasteiger partial charge in [0, 0.05) is 35.4 Å². The molecule has 64 heavy (non-hydrogen) atoms. The molecule has 0 aromatic heterocycles. The number of Topliss-reactive ketones (excluding diaryl/α,β-unsaturated/α-hetero) is 1. The lowest BCUT2D eigenvalue weighted by atomic mass is 9.46. The first-order valence-corrected chi connectivity index (χ1v) is 22.4. The number of ketones is 2. The molecule has 5 aliphatic carbocycles. The quantitative estimate of drug-likeness (QED) is 0.0788. The van der Waals surface area contributed by atoms with E-state index in [4.69, 9.17) is 57.1 Å². The Labute approximate surface area is 370 Å². The van der Waals surface area contributed by atoms with Crippen LogP contribution in [-0.4, -0.2) is 171 Å². The van der Waals surface area contributed by atoms with Crippen LogP contribution in [0.1, 0.15) is 71.6 Å². The third-order valence-corrected chi connectivity index (χ3v) is 15.7. The zero-order valence-corrected chi connectivity index (χ0v) is 36.3. The van der Waals surface area contributed by atoms with Gasteiger partial charge in [0.25, 0.3) is 0 Å². The Kier molecular flexibility index (Phi) is 14.6. The fourth-order valence-electron chi connectivity index (χ4n) is 12.0. The van der Waals surface area contributed by atoms with Crippen LogP contribution in [0.3, 0.4) is 0 Å². The van der Waals surface area contributed by atoms with Crippen molar-refractivity contribution in [3.63, 3.8) is 0 Å². The van der Waals surface area contributed by atoms with Gasteiger partial charge >= 0.3 is 11.9 Å². The summed E-state index contributed by atoms with van der Waals surface area (Å²) in [5.74, 6) is -2.86. The second-order valence-electron chi connectivity index (χ2n) is 19.5. The number of aliphatic hydroxyl groups excluding tert-OH is 5. The number of hydrogen-bond donors (Lipinski definition) is 11. The number of carbonyl (C=O) groups is 4. The van der Waals surface area contributed by atoms with Crippen molar-refractivity contribution in [2.24, 2.45) is 57.3 Å². The van der Waals surface area contributed by atoms with Gasteiger partial charge in [-0.2, -0.15) is 0 Å². The molecule has 21 nitrogen and oxygen atoms in total. The van der Waals surface area contributed by atoms with Crippen LogP contribution in [0, 0.1) is 28.6 Å². The smallest absolute Gasteiger partial charge is 0.306 e. The van der Waals surface area contributed by atoms with Crippen molar-refractivity contribution >= 4 is 23.5 Å². The molecule has 360 valence electrons. The molecular formula is C43H67N5O16. The average molecular weight is 910 g/mol. The van der Waals surface area contributed by atoms with E-state index in [-0.39, 0.29) is 55.8 Å². The summed E-state index contributed by atoms with van der Waals surface area (Å²) in [6.07, 6.45) is -7.08. The van der Waals surface area contributed by atoms with E-state index in [1.165, 1.54) is 0 Å². The third kappa shape index (κ3) is 8.99. The molecule has 2 saturated heterocycles. The van der Waals surface area contributed by atoms with Gasteiger partial charge in [-0.15, -0.1) is 0 Å². The van der Waals surface area contributed by atoms with E-state index in [0.717, 1.165) is 5.57 Å². The van der Waals surface area contributed by atoms with Gasteiger partial charge in [-0.05, 0) is 68.9 Å². The van der Waals surface area contributed by atoms with E-state index in [1.807, 2.05) is 19.9 Å². The van der Waals surface area contributed by atoms with Gasteiger partial charge in [0.15, 0.2) is 25.0 Å². The average Bonchev–Trinajstić information content (AvgIpc) is 3.52. The molecular weight excluding hydrogens is 842 g/mol. The molecule has 7 rings (SSSR count). The Morgan fingerprint density at radius 2 is 1.45 bits per heavy atom. The lowest BCUT2D eigenvalue weighted by molar-refractivity contribution is -0.315. The van der Waals surface area contributed by atoms with Gasteiger partial charge in [-0.25, -0.2) is 0 Å². The molecule has 3 unspecified atom stereocenters. The molecule has 21 atom stereocenters. The Bertz CT molecular complexity index is 1820. The molecule has 0 radical (unpaired) electrons. The topological polar surface area (TPSA) is 375 Å². The number of fused-ring (bicyclic) bond motifs is 5. The Morgan fingerprint density at radius 3 is 2.12 bits per heavy atom. The second-order valence-corrected chi connectivity index (χ2v) is 19.5. The van der Waals surface area contributed by atoms with Crippen LogP contribution in [0.5, 0.6) is 0 Å². The summed E-state index contributed by atoms with van der Waals surface area (Å²) >= 11 is 0. The Hall–Kier alpha value is -2.84. The largest absolute Gasteiger partial charge is 0.463 e. The van der Waals surface area contributed by atoms with Gasteiger partial charge in [-0.3, -0.25) is 19.2 Å². The van der Waals surface area contributed by atoms with Gasteiger partial charge in [0.2, 0.25) is 5.78 Å². The van der Waals surface area contributed by atoms with Crippen LogP contribution < -0.4 is 28.7 Å². The number of ether oxygens (including phenoxy) is 6. The van der Waals surface area contributed by atoms with Gasteiger partial charge < -0.3 is 87.7 Å². The molecule has 6 fully saturated rings. The Morgan fingerprint density at radius 1 is 0.812 bits per heavy atom. The van der Waals surface area contributed by atoms with Crippen LogP contribution in [0.15, 0.2) is 23.8 Å². The van der Waals surface area contributed by atoms with Crippen LogP contribution in [-0.2, 0) is 47.6 Å². The molecule has 0 aromatic carbocycles. The van der Waals surface area contributed by atoms with Gasteiger partial charge in [0.1, 0.15) is 48.8 Å². The van der Waals surface area contributed by atoms with E-state index >= 15 is 0 Å². The number of allylic oxidation sites excluding steroid dienone is 4. The van der Waals surface area contributed by atoms with Crippen molar-refractivity contribution in [1.29, 1.82) is 0 Å². The molecule has 0 bridgehead atoms. The summed E-state index contributed by atoms with van der Waals surface area (Å²) in [6.45, 7) is 2.51. The summed E-state index contributed by atoms with van der Waals surface area (Å²) in [5, 5.41) is 66.9. The highest BCUT2D eigenvalue weighted by Crippen LogP contribution is 2.67. The Balaban J connectivity index is 0.881. The van der Waals surface area contributed by atoms with Crippen LogP contribution >= 0.6 is 0 Å². The number of nitrogens with two attached hydrogens (primary N) is 5. The zero-order valence-electron chi connectivity index (χ0n) is 36.3. The third-order valence-electron chi connectivity index (χ3n) is 15.7. The monoisotopic (exact) mass is 909 g/mol. The normalized spacial score (nSPS) is 47.8. The van der Waals surface area contributed by atoms with Crippen molar-refractivity contribution in [3.8, 4) is 0 Å². The van der Waals surface area contributed by atoms with Crippen LogP contribution in [0.4, 0.5) is 0 Å². The first-order chi connectivity index (χ1) is 30.1. The minimum atomic E-state index is -1.87. The van der Waals surface area contributed by atoms with Gasteiger partial charge in [-0.1, -0.05) is 25.5 Å². The molecule has 0 aromatic rings. The van der Waals surface area contributed by atoms with Crippen molar-refractivity contribution < 1.29 is 78.2 Å². The SMILES string of the molecule is C[C@]12C=CC(=O)C=C1CCC1C2[C@@H](O)C[C@@]2(C)C1CC[C@]2(O)C(=O)COC(=O)CCC(=O)OC[C@H]1O[C@H](O[C@@H]2[C@@H](O)[C@H](O[C@H]3O[C@H](CN)[C@@H](O)C[C@H]3N)[C@@H](N)C[C@H]2N)[C@H](O)[C@@H](N)[C@@H]1O. The maximum atomic E-state index is 13.7. The van der Waals surface area contributed by atoms with E-state index < -0.39 is 152 Å². The minimum Gasteiger partial charge on any atom is -0.463 e. The number of aliphatic hydroxyl groups is 6. The summed E-state index contributed by atoms with van der Waals surface area (Å²) in [5.41, 5.74) is 28.2. The minimum absolute atomic E-state index is 0.00979. The highest BCUT2D eigenvalue weighted by molar-refractivity contribution is 6.01. The maximum Gasteiger partial charge on any atom is 0.306 e. The van der Waals surface area contributed by atoms with Crippen molar-refractivity contribution in [2.45, 2.75) is 169 Å². The summed E-state index contributed by atoms with van der Waals surface area (Å²) in [4.78, 5) is 51.3. The van der Waals surface area contributed by atoms with Crippen LogP contribution in [0.2, 0.25) is 0 Å². The van der Waals surface area contributed by atoms with Crippen molar-refractivity contribution in [1.82, 2.24) is 0 Å². The van der Waals surface area contributed by atoms with Crippen molar-refractivity contribution in [3.05, 3.63) is 23.8 Å². The molecule has 4 saturated carbocycles. The molecule has 16 N–H and O–H groups in total. The van der Waals surface area contributed by atoms with Crippen LogP contribution in [0.25, 0.3) is 0 Å². The highest BCUT2D eigenvalue weighted by atomic mass is 16.7. The van der Waals surface area contributed by atoms with E-state index in [0.29, 0.717) is 19.3 Å². The predicted octanol–water partition coefficient (Wildman–Crippen LogP) is -3.84. The number of carbonyl (C=O) groups excluding carboxylic acids is 4. The summed E-state index contributed by atoms with van der Waals surface area (Å²) in [6, 6.07) is -3.83. The standard InChI is InChI=1S/C43H67N5O16/c1-41-9-7-19(49)11-18(41)3-4-20-21-8-10-43(58,42(21,2)14-26(51)32(20)41)29(52)17-60-31(54)6-5-30(53)59-16-28-34(55)33(48)35(56)40(62-28)64-38-23(46)12-22(45)37(36(38)57)63-39-24(47)13-25(50)27(15-44)61-39/h7,9,11,20-28,32-40,50-51,55-58H,3-6,8,10,12-17,44-48H2,1-2H3/t20?,21?,22-,23+,24+,25-,26-,27+,28+,32?,33-,34+,35+,36-,37+,38-,39+,40+,41-,42-,43-/m0/s1. The van der Waals surface area contributed by atoms with Gasteiger partial charge in [0.05, 0.1) is 43.2 Å². The molecule has 0 amide bonds. The number of rotatable bonds is 13. The molecule has 7 aliphatic rings. The first kappa shape index (κ1) is 49.1. The zero-order chi connectivity index (χ0) is 46.6. The van der Waals surface area contributed by atoms with Crippen molar-refractivity contribution in [2.75, 3.05) is 19.8 Å². The molecule has 21 heteroatoms. The maximum absolute atomic E-state index is 13.7. The number of esters is 2. The van der Waals surface area contributed by atoms with E-state index in [2.05, 4.69) is 0 Å². The number of hydrogen-bond acceptors (Lipinski definition) is 21. The summed E-state index contributed by atoms with van der Waals surface area (Å²) < 4.78 is 34.0. The second kappa shape index (κ2) is 19.0. The fourth-order valence-corrected chi connectivity index (χ4v) is 12.0. The highest BCUT2D eigenvalue weighted by Gasteiger charge is 2.68. The van der Waals surface area contributed by atoms with E-state index in [9.17, 15) is 49.8 Å². The molecule has 0 spiro atoms. The lowest BCUT2D eigenvalue weighted by Gasteiger charge is -2.59. The van der Waals surface area contributed by atoms with E-state index in [1.54, 1.807) is 12.2 Å². The lowest BCUT2D eigenvalue weighted by Crippen LogP contribution is -2.68. The fraction of sp³-hybridized carbons (Fsp3) is 0.814. The predicted molar refractivity (Wildman–Crippen MR) is 220 cm³/mol.